The summed E-state index contributed by atoms with van der Waals surface area (Å²) in [4.78, 5) is 43.5. The molecule has 7 heteroatoms. The summed E-state index contributed by atoms with van der Waals surface area (Å²) in [5.41, 5.74) is -0.707. The number of rotatable bonds is 4. The maximum atomic E-state index is 12.3. The van der Waals surface area contributed by atoms with Crippen LogP contribution in [0.25, 0.3) is 11.0 Å². The molecule has 0 amide bonds. The number of aromatic nitrogens is 4. The van der Waals surface area contributed by atoms with Gasteiger partial charge in [0.2, 0.25) is 0 Å². The quantitative estimate of drug-likeness (QED) is 0.728. The van der Waals surface area contributed by atoms with Crippen molar-refractivity contribution in [3.63, 3.8) is 0 Å². The first-order valence-electron chi connectivity index (χ1n) is 6.91. The Labute approximate surface area is 124 Å². The maximum Gasteiger partial charge on any atom is 0.326 e. The fourth-order valence-electron chi connectivity index (χ4n) is 2.34. The molecule has 0 bridgehead atoms. The van der Waals surface area contributed by atoms with Crippen molar-refractivity contribution in [3.05, 3.63) is 73.4 Å². The van der Waals surface area contributed by atoms with Gasteiger partial charge in [-0.25, -0.2) is 9.78 Å². The second-order valence-electron chi connectivity index (χ2n) is 4.96. The molecular formula is C15H14N4O3. The molecule has 0 aliphatic heterocycles. The molecule has 2 aromatic heterocycles. The first-order chi connectivity index (χ1) is 10.6. The van der Waals surface area contributed by atoms with Crippen LogP contribution in [0, 0.1) is 0 Å². The molecule has 0 saturated heterocycles. The fourth-order valence-corrected chi connectivity index (χ4v) is 2.34. The molecule has 3 aromatic rings. The molecule has 0 spiro atoms. The molecule has 0 unspecified atom stereocenters. The third kappa shape index (κ3) is 2.73. The molecule has 2 heterocycles. The molecule has 0 fully saturated rings. The zero-order chi connectivity index (χ0) is 15.5. The fraction of sp³-hybridized carbons (Fsp3) is 0.200. The van der Waals surface area contributed by atoms with Gasteiger partial charge in [0, 0.05) is 6.54 Å². The predicted molar refractivity (Wildman–Crippen MR) is 82.0 cm³/mol. The van der Waals surface area contributed by atoms with E-state index < -0.39 is 16.8 Å². The molecule has 0 aliphatic carbocycles. The van der Waals surface area contributed by atoms with Crippen molar-refractivity contribution in [2.24, 2.45) is 0 Å². The highest BCUT2D eigenvalue weighted by Gasteiger charge is 2.08. The lowest BCUT2D eigenvalue weighted by Crippen LogP contribution is -2.30. The SMILES string of the molecule is O=c1[nH]c(=O)c2ncn(CCCc3ccccc3)c(=O)c2[nH]1. The highest BCUT2D eigenvalue weighted by molar-refractivity contribution is 5.70. The van der Waals surface area contributed by atoms with Crippen molar-refractivity contribution >= 4 is 11.0 Å². The van der Waals surface area contributed by atoms with E-state index in [9.17, 15) is 14.4 Å². The van der Waals surface area contributed by atoms with E-state index in [2.05, 4.69) is 9.97 Å². The van der Waals surface area contributed by atoms with Gasteiger partial charge in [0.05, 0.1) is 6.33 Å². The van der Waals surface area contributed by atoms with Crippen molar-refractivity contribution in [3.8, 4) is 0 Å². The second kappa shape index (κ2) is 5.80. The Kier molecular flexibility index (Phi) is 3.69. The van der Waals surface area contributed by atoms with Crippen LogP contribution in [-0.4, -0.2) is 19.5 Å². The van der Waals surface area contributed by atoms with Crippen molar-refractivity contribution < 1.29 is 0 Å². The van der Waals surface area contributed by atoms with Gasteiger partial charge in [0.25, 0.3) is 11.1 Å². The van der Waals surface area contributed by atoms with Crippen LogP contribution in [0.5, 0.6) is 0 Å². The first kappa shape index (κ1) is 14.0. The molecule has 3 rings (SSSR count). The Balaban J connectivity index is 1.86. The van der Waals surface area contributed by atoms with E-state index in [1.807, 2.05) is 35.3 Å². The van der Waals surface area contributed by atoms with E-state index in [-0.39, 0.29) is 11.0 Å². The van der Waals surface area contributed by atoms with E-state index in [1.165, 1.54) is 16.5 Å². The summed E-state index contributed by atoms with van der Waals surface area (Å²) in [7, 11) is 0. The van der Waals surface area contributed by atoms with Gasteiger partial charge in [0.1, 0.15) is 5.52 Å². The minimum Gasteiger partial charge on any atom is -0.301 e. The Hall–Kier alpha value is -2.96. The second-order valence-corrected chi connectivity index (χ2v) is 4.96. The van der Waals surface area contributed by atoms with Gasteiger partial charge >= 0.3 is 5.69 Å². The van der Waals surface area contributed by atoms with E-state index in [0.717, 1.165) is 12.8 Å². The van der Waals surface area contributed by atoms with Gasteiger partial charge in [-0.3, -0.25) is 19.1 Å². The summed E-state index contributed by atoms with van der Waals surface area (Å²) in [6.45, 7) is 0.464. The summed E-state index contributed by atoms with van der Waals surface area (Å²) in [6, 6.07) is 9.94. The molecule has 2 N–H and O–H groups in total. The van der Waals surface area contributed by atoms with Gasteiger partial charge in [-0.2, -0.15) is 0 Å². The highest BCUT2D eigenvalue weighted by Crippen LogP contribution is 2.03. The Bertz CT molecular complexity index is 970. The predicted octanol–water partition coefficient (Wildman–Crippen LogP) is 0.406. The summed E-state index contributed by atoms with van der Waals surface area (Å²) >= 11 is 0. The highest BCUT2D eigenvalue weighted by atomic mass is 16.2. The lowest BCUT2D eigenvalue weighted by Gasteiger charge is -2.06. The number of aromatic amines is 2. The van der Waals surface area contributed by atoms with Crippen molar-refractivity contribution in [2.75, 3.05) is 0 Å². The lowest BCUT2D eigenvalue weighted by atomic mass is 10.1. The molecule has 112 valence electrons. The van der Waals surface area contributed by atoms with E-state index in [0.29, 0.717) is 6.54 Å². The zero-order valence-corrected chi connectivity index (χ0v) is 11.7. The Morgan fingerprint density at radius 2 is 1.82 bits per heavy atom. The normalized spacial score (nSPS) is 10.9. The number of nitrogens with one attached hydrogen (secondary N) is 2. The number of hydrogen-bond donors (Lipinski definition) is 2. The first-order valence-corrected chi connectivity index (χ1v) is 6.91. The minimum absolute atomic E-state index is 0.0519. The Morgan fingerprint density at radius 1 is 1.05 bits per heavy atom. The number of aryl methyl sites for hydroxylation is 2. The molecule has 0 radical (unpaired) electrons. The molecule has 0 aliphatic rings. The lowest BCUT2D eigenvalue weighted by molar-refractivity contribution is 0.616. The number of hydrogen-bond acceptors (Lipinski definition) is 4. The standard InChI is InChI=1S/C15H14N4O3/c20-13-11-12(17-15(22)18-13)14(21)19(9-16-11)8-4-7-10-5-2-1-3-6-10/h1-3,5-6,9H,4,7-8H2,(H2,17,18,20,22). The number of nitrogens with zero attached hydrogens (tertiary/aromatic N) is 2. The largest absolute Gasteiger partial charge is 0.326 e. The van der Waals surface area contributed by atoms with Crippen LogP contribution in [0.2, 0.25) is 0 Å². The smallest absolute Gasteiger partial charge is 0.301 e. The van der Waals surface area contributed by atoms with Crippen LogP contribution in [0.4, 0.5) is 0 Å². The zero-order valence-electron chi connectivity index (χ0n) is 11.7. The summed E-state index contributed by atoms with van der Waals surface area (Å²) < 4.78 is 1.40. The van der Waals surface area contributed by atoms with Crippen molar-refractivity contribution in [2.45, 2.75) is 19.4 Å². The number of H-pyrrole nitrogens is 2. The number of fused-ring (bicyclic) bond motifs is 1. The maximum absolute atomic E-state index is 12.3. The van der Waals surface area contributed by atoms with Gasteiger partial charge in [-0.1, -0.05) is 30.3 Å². The van der Waals surface area contributed by atoms with Crippen molar-refractivity contribution in [1.82, 2.24) is 19.5 Å². The third-order valence-electron chi connectivity index (χ3n) is 3.43. The van der Waals surface area contributed by atoms with Gasteiger partial charge < -0.3 is 4.98 Å². The monoisotopic (exact) mass is 298 g/mol. The minimum atomic E-state index is -0.710. The molecule has 0 atom stereocenters. The summed E-state index contributed by atoms with van der Waals surface area (Å²) in [6.07, 6.45) is 2.92. The average molecular weight is 298 g/mol. The van der Waals surface area contributed by atoms with Crippen LogP contribution >= 0.6 is 0 Å². The Morgan fingerprint density at radius 3 is 2.59 bits per heavy atom. The van der Waals surface area contributed by atoms with Gasteiger partial charge in [-0.15, -0.1) is 0 Å². The summed E-state index contributed by atoms with van der Waals surface area (Å²) in [5.74, 6) is 0. The molecular weight excluding hydrogens is 284 g/mol. The number of benzene rings is 1. The van der Waals surface area contributed by atoms with Crippen LogP contribution in [0.3, 0.4) is 0 Å². The average Bonchev–Trinajstić information content (AvgIpc) is 2.51. The molecule has 22 heavy (non-hydrogen) atoms. The van der Waals surface area contributed by atoms with E-state index >= 15 is 0 Å². The molecule has 0 saturated carbocycles. The molecule has 7 nitrogen and oxygen atoms in total. The van der Waals surface area contributed by atoms with Gasteiger partial charge in [0.15, 0.2) is 5.52 Å². The van der Waals surface area contributed by atoms with Crippen LogP contribution in [0.1, 0.15) is 12.0 Å². The summed E-state index contributed by atoms with van der Waals surface area (Å²) in [5, 5.41) is 0. The van der Waals surface area contributed by atoms with Crippen molar-refractivity contribution in [1.29, 1.82) is 0 Å². The topological polar surface area (TPSA) is 101 Å². The van der Waals surface area contributed by atoms with Gasteiger partial charge in [-0.05, 0) is 18.4 Å². The van der Waals surface area contributed by atoms with Crippen LogP contribution < -0.4 is 16.8 Å². The van der Waals surface area contributed by atoms with E-state index in [4.69, 9.17) is 0 Å². The van der Waals surface area contributed by atoms with Crippen LogP contribution in [-0.2, 0) is 13.0 Å². The van der Waals surface area contributed by atoms with Crippen LogP contribution in [0.15, 0.2) is 51.0 Å². The van der Waals surface area contributed by atoms with E-state index in [1.54, 1.807) is 0 Å². The third-order valence-corrected chi connectivity index (χ3v) is 3.43. The molecule has 1 aromatic carbocycles.